The van der Waals surface area contributed by atoms with E-state index < -0.39 is 0 Å². The number of nitrogens with zero attached hydrogens (tertiary/aromatic N) is 1. The molecular formula is C13H14N2. The lowest BCUT2D eigenvalue weighted by molar-refractivity contribution is 0.924. The average molecular weight is 198 g/mol. The van der Waals surface area contributed by atoms with Gasteiger partial charge in [-0.1, -0.05) is 0 Å². The molecule has 0 saturated heterocycles. The second-order valence-corrected chi connectivity index (χ2v) is 4.26. The zero-order valence-electron chi connectivity index (χ0n) is 9.09. The molecule has 1 N–H and O–H groups in total. The number of hydrogen-bond donors (Lipinski definition) is 1. The van der Waals surface area contributed by atoms with Crippen molar-refractivity contribution in [1.82, 2.24) is 9.97 Å². The summed E-state index contributed by atoms with van der Waals surface area (Å²) in [5.74, 6) is 0. The topological polar surface area (TPSA) is 28.7 Å². The van der Waals surface area contributed by atoms with Crippen molar-refractivity contribution in [2.45, 2.75) is 26.7 Å². The van der Waals surface area contributed by atoms with Crippen molar-refractivity contribution in [2.24, 2.45) is 0 Å². The Labute approximate surface area is 89.4 Å². The largest absolute Gasteiger partial charge is 0.358 e. The molecule has 0 spiro atoms. The van der Waals surface area contributed by atoms with Crippen LogP contribution in [0.25, 0.3) is 11.3 Å². The Morgan fingerprint density at radius 1 is 1.27 bits per heavy atom. The third-order valence-corrected chi connectivity index (χ3v) is 3.45. The highest BCUT2D eigenvalue weighted by Gasteiger charge is 2.20. The van der Waals surface area contributed by atoms with Crippen molar-refractivity contribution in [3.05, 3.63) is 40.8 Å². The summed E-state index contributed by atoms with van der Waals surface area (Å²) in [4.78, 5) is 7.68. The summed E-state index contributed by atoms with van der Waals surface area (Å²) in [6.07, 6.45) is 6.13. The number of H-pyrrole nitrogens is 1. The average Bonchev–Trinajstić information content (AvgIpc) is 2.56. The molecule has 1 aliphatic carbocycles. The zero-order chi connectivity index (χ0) is 10.4. The maximum Gasteiger partial charge on any atom is 0.0495 e. The summed E-state index contributed by atoms with van der Waals surface area (Å²) in [6, 6.07) is 2.11. The number of rotatable bonds is 0. The second kappa shape index (κ2) is 2.96. The number of fused-ring (bicyclic) bond motifs is 3. The van der Waals surface area contributed by atoms with Gasteiger partial charge in [0.05, 0.1) is 0 Å². The molecule has 15 heavy (non-hydrogen) atoms. The number of pyridine rings is 1. The fourth-order valence-corrected chi connectivity index (χ4v) is 2.44. The van der Waals surface area contributed by atoms with Gasteiger partial charge in [-0.25, -0.2) is 0 Å². The summed E-state index contributed by atoms with van der Waals surface area (Å²) in [5, 5.41) is 0. The van der Waals surface area contributed by atoms with E-state index in [0.717, 1.165) is 12.8 Å². The molecule has 3 rings (SSSR count). The SMILES string of the molecule is Cc1[nH]c2c(c1C)CCc1cnccc1-2. The van der Waals surface area contributed by atoms with Crippen LogP contribution in [0.2, 0.25) is 0 Å². The first-order valence-electron chi connectivity index (χ1n) is 5.38. The van der Waals surface area contributed by atoms with E-state index >= 15 is 0 Å². The highest BCUT2D eigenvalue weighted by molar-refractivity contribution is 5.71. The van der Waals surface area contributed by atoms with Crippen molar-refractivity contribution in [2.75, 3.05) is 0 Å². The predicted molar refractivity (Wildman–Crippen MR) is 60.9 cm³/mol. The highest BCUT2D eigenvalue weighted by Crippen LogP contribution is 2.34. The maximum absolute atomic E-state index is 4.19. The normalized spacial score (nSPS) is 13.5. The smallest absolute Gasteiger partial charge is 0.0495 e. The third kappa shape index (κ3) is 1.14. The molecule has 0 atom stereocenters. The van der Waals surface area contributed by atoms with Gasteiger partial charge in [0.2, 0.25) is 0 Å². The Morgan fingerprint density at radius 3 is 3.00 bits per heavy atom. The van der Waals surface area contributed by atoms with Crippen molar-refractivity contribution in [1.29, 1.82) is 0 Å². The fourth-order valence-electron chi connectivity index (χ4n) is 2.44. The molecule has 2 heterocycles. The van der Waals surface area contributed by atoms with E-state index in [9.17, 15) is 0 Å². The van der Waals surface area contributed by atoms with E-state index in [0.29, 0.717) is 0 Å². The number of aromatic nitrogens is 2. The van der Waals surface area contributed by atoms with Gasteiger partial charge in [-0.2, -0.15) is 0 Å². The van der Waals surface area contributed by atoms with Gasteiger partial charge in [-0.05, 0) is 49.4 Å². The van der Waals surface area contributed by atoms with Crippen LogP contribution >= 0.6 is 0 Å². The first-order valence-corrected chi connectivity index (χ1v) is 5.38. The molecule has 2 aromatic rings. The minimum absolute atomic E-state index is 1.12. The standard InChI is InChI=1S/C13H14N2/c1-8-9(2)15-13-11(8)4-3-10-7-14-6-5-12(10)13/h5-7,15H,3-4H2,1-2H3. The van der Waals surface area contributed by atoms with E-state index in [1.807, 2.05) is 12.4 Å². The van der Waals surface area contributed by atoms with Crippen LogP contribution in [0.5, 0.6) is 0 Å². The molecular weight excluding hydrogens is 184 g/mol. The molecule has 2 nitrogen and oxygen atoms in total. The summed E-state index contributed by atoms with van der Waals surface area (Å²) in [5.41, 5.74) is 8.23. The number of hydrogen-bond acceptors (Lipinski definition) is 1. The predicted octanol–water partition coefficient (Wildman–Crippen LogP) is 2.79. The lowest BCUT2D eigenvalue weighted by Gasteiger charge is -2.15. The first kappa shape index (κ1) is 8.72. The van der Waals surface area contributed by atoms with Crippen LogP contribution in [0.1, 0.15) is 22.4 Å². The molecule has 0 saturated carbocycles. The van der Waals surface area contributed by atoms with Crippen LogP contribution < -0.4 is 0 Å². The van der Waals surface area contributed by atoms with Crippen molar-refractivity contribution in [3.63, 3.8) is 0 Å². The van der Waals surface area contributed by atoms with Gasteiger partial charge >= 0.3 is 0 Å². The molecule has 0 aliphatic heterocycles. The van der Waals surface area contributed by atoms with E-state index in [4.69, 9.17) is 0 Å². The quantitative estimate of drug-likeness (QED) is 0.692. The van der Waals surface area contributed by atoms with Crippen molar-refractivity contribution >= 4 is 0 Å². The molecule has 0 amide bonds. The summed E-state index contributed by atoms with van der Waals surface area (Å²) >= 11 is 0. The van der Waals surface area contributed by atoms with E-state index in [1.54, 1.807) is 0 Å². The van der Waals surface area contributed by atoms with Crippen LogP contribution in [-0.4, -0.2) is 9.97 Å². The minimum Gasteiger partial charge on any atom is -0.358 e. The van der Waals surface area contributed by atoms with E-state index in [2.05, 4.69) is 29.9 Å². The summed E-state index contributed by atoms with van der Waals surface area (Å²) < 4.78 is 0. The highest BCUT2D eigenvalue weighted by atomic mass is 14.7. The Hall–Kier alpha value is -1.57. The van der Waals surface area contributed by atoms with Crippen LogP contribution in [0.3, 0.4) is 0 Å². The van der Waals surface area contributed by atoms with Crippen LogP contribution in [0, 0.1) is 13.8 Å². The monoisotopic (exact) mass is 198 g/mol. The van der Waals surface area contributed by atoms with Gasteiger partial charge < -0.3 is 4.98 Å². The Kier molecular flexibility index (Phi) is 1.72. The van der Waals surface area contributed by atoms with Crippen LogP contribution in [0.4, 0.5) is 0 Å². The van der Waals surface area contributed by atoms with Crippen LogP contribution in [0.15, 0.2) is 18.5 Å². The lowest BCUT2D eigenvalue weighted by atomic mass is 9.90. The minimum atomic E-state index is 1.12. The molecule has 0 radical (unpaired) electrons. The number of aromatic amines is 1. The molecule has 0 bridgehead atoms. The fraction of sp³-hybridized carbons (Fsp3) is 0.308. The van der Waals surface area contributed by atoms with Gasteiger partial charge in [0, 0.05) is 29.3 Å². The Bertz CT molecular complexity index is 523. The molecule has 76 valence electrons. The van der Waals surface area contributed by atoms with Gasteiger partial charge in [-0.15, -0.1) is 0 Å². The maximum atomic E-state index is 4.19. The molecule has 1 aliphatic rings. The van der Waals surface area contributed by atoms with Crippen molar-refractivity contribution < 1.29 is 0 Å². The Balaban J connectivity index is 2.30. The molecule has 0 unspecified atom stereocenters. The zero-order valence-corrected chi connectivity index (χ0v) is 9.09. The summed E-state index contributed by atoms with van der Waals surface area (Å²) in [7, 11) is 0. The van der Waals surface area contributed by atoms with Gasteiger partial charge in [0.15, 0.2) is 0 Å². The second-order valence-electron chi connectivity index (χ2n) is 4.26. The van der Waals surface area contributed by atoms with Gasteiger partial charge in [0.1, 0.15) is 0 Å². The molecule has 2 aromatic heterocycles. The van der Waals surface area contributed by atoms with E-state index in [-0.39, 0.29) is 0 Å². The Morgan fingerprint density at radius 2 is 2.13 bits per heavy atom. The van der Waals surface area contributed by atoms with Gasteiger partial charge in [0.25, 0.3) is 0 Å². The molecule has 0 fully saturated rings. The first-order chi connectivity index (χ1) is 7.27. The lowest BCUT2D eigenvalue weighted by Crippen LogP contribution is -2.03. The molecule has 2 heteroatoms. The number of aryl methyl sites for hydroxylation is 2. The van der Waals surface area contributed by atoms with Crippen molar-refractivity contribution in [3.8, 4) is 11.3 Å². The number of nitrogens with one attached hydrogen (secondary N) is 1. The summed E-state index contributed by atoms with van der Waals surface area (Å²) in [6.45, 7) is 4.35. The molecule has 0 aromatic carbocycles. The third-order valence-electron chi connectivity index (χ3n) is 3.45. The van der Waals surface area contributed by atoms with Gasteiger partial charge in [-0.3, -0.25) is 4.98 Å². The van der Waals surface area contributed by atoms with Crippen LogP contribution in [-0.2, 0) is 12.8 Å². The van der Waals surface area contributed by atoms with E-state index in [1.165, 1.54) is 33.6 Å².